The van der Waals surface area contributed by atoms with E-state index in [0.717, 1.165) is 12.8 Å². The molecule has 18 heavy (non-hydrogen) atoms. The molecule has 0 atom stereocenters. The van der Waals surface area contributed by atoms with Crippen molar-refractivity contribution in [3.63, 3.8) is 0 Å². The highest BCUT2D eigenvalue weighted by Gasteiger charge is 2.27. The van der Waals surface area contributed by atoms with Gasteiger partial charge in [-0.25, -0.2) is 0 Å². The first-order valence-electron chi connectivity index (χ1n) is 6.47. The van der Waals surface area contributed by atoms with Crippen molar-refractivity contribution in [2.75, 3.05) is 0 Å². The number of nitrogens with zero attached hydrogens (tertiary/aromatic N) is 1. The molecule has 0 aromatic heterocycles. The van der Waals surface area contributed by atoms with Crippen LogP contribution in [0.1, 0.15) is 36.3 Å². The zero-order valence-electron chi connectivity index (χ0n) is 10.3. The lowest BCUT2D eigenvalue weighted by molar-refractivity contribution is 0.683. The second-order valence-corrected chi connectivity index (χ2v) is 4.78. The van der Waals surface area contributed by atoms with E-state index in [1.807, 2.05) is 0 Å². The van der Waals surface area contributed by atoms with Crippen LogP contribution in [-0.4, -0.2) is 0 Å². The second-order valence-electron chi connectivity index (χ2n) is 4.78. The van der Waals surface area contributed by atoms with Gasteiger partial charge in [0.2, 0.25) is 0 Å². The molecule has 0 saturated heterocycles. The summed E-state index contributed by atoms with van der Waals surface area (Å²) in [5.74, 6) is 0.478. The minimum absolute atomic E-state index is 0.478. The maximum Gasteiger partial charge on any atom is 0.0621 e. The van der Waals surface area contributed by atoms with Crippen LogP contribution in [0.25, 0.3) is 11.1 Å². The van der Waals surface area contributed by atoms with Crippen LogP contribution in [0.3, 0.4) is 0 Å². The summed E-state index contributed by atoms with van der Waals surface area (Å²) in [6, 6.07) is 19.5. The van der Waals surface area contributed by atoms with Crippen molar-refractivity contribution in [1.82, 2.24) is 0 Å². The Morgan fingerprint density at radius 1 is 0.889 bits per heavy atom. The van der Waals surface area contributed by atoms with Crippen molar-refractivity contribution in [2.24, 2.45) is 0 Å². The minimum Gasteiger partial charge on any atom is -0.198 e. The number of rotatable bonds is 3. The molecule has 0 bridgehead atoms. The molecule has 0 heterocycles. The van der Waals surface area contributed by atoms with E-state index in [-0.39, 0.29) is 0 Å². The molecule has 1 heteroatoms. The van der Waals surface area contributed by atoms with Gasteiger partial charge >= 0.3 is 0 Å². The average Bonchev–Trinajstić information content (AvgIpc) is 2.74. The van der Waals surface area contributed by atoms with Crippen LogP contribution in [-0.2, 0) is 0 Å². The van der Waals surface area contributed by atoms with Gasteiger partial charge < -0.3 is 0 Å². The van der Waals surface area contributed by atoms with Gasteiger partial charge in [-0.1, -0.05) is 48.5 Å². The van der Waals surface area contributed by atoms with Crippen molar-refractivity contribution >= 4 is 0 Å². The Labute approximate surface area is 108 Å². The predicted octanol–water partition coefficient (Wildman–Crippen LogP) is 4.49. The zero-order valence-corrected chi connectivity index (χ0v) is 10.3. The topological polar surface area (TPSA) is 23.8 Å². The van der Waals surface area contributed by atoms with Gasteiger partial charge in [-0.15, -0.1) is 0 Å². The van der Waals surface area contributed by atoms with Crippen molar-refractivity contribution < 1.29 is 0 Å². The maximum atomic E-state index is 8.68. The number of benzene rings is 2. The molecule has 0 aliphatic heterocycles. The molecular weight excluding hydrogens is 218 g/mol. The molecule has 0 N–H and O–H groups in total. The number of hydrogen-bond acceptors (Lipinski definition) is 1. The van der Waals surface area contributed by atoms with Crippen molar-refractivity contribution in [2.45, 2.75) is 25.2 Å². The second kappa shape index (κ2) is 4.66. The van der Waals surface area contributed by atoms with E-state index >= 15 is 0 Å². The largest absolute Gasteiger partial charge is 0.198 e. The Balaban J connectivity index is 2.01. The third kappa shape index (κ3) is 1.71. The fourth-order valence-corrected chi connectivity index (χ4v) is 2.96. The van der Waals surface area contributed by atoms with Crippen LogP contribution in [0, 0.1) is 11.3 Å². The highest BCUT2D eigenvalue weighted by Crippen LogP contribution is 2.46. The normalized spacial score (nSPS) is 12.8. The van der Waals surface area contributed by atoms with E-state index < -0.39 is 0 Å². The van der Waals surface area contributed by atoms with Gasteiger partial charge in [0.15, 0.2) is 0 Å². The monoisotopic (exact) mass is 233 g/mol. The SMILES string of the molecule is N#CCCCC1c2ccccc2-c2ccccc21. The zero-order chi connectivity index (χ0) is 12.4. The number of nitriles is 1. The number of unbranched alkanes of at least 4 members (excludes halogenated alkanes) is 1. The smallest absolute Gasteiger partial charge is 0.0621 e. The Hall–Kier alpha value is -2.07. The molecule has 0 unspecified atom stereocenters. The third-order valence-corrected chi connectivity index (χ3v) is 3.74. The molecule has 88 valence electrons. The van der Waals surface area contributed by atoms with Gasteiger partial charge in [0.1, 0.15) is 0 Å². The molecule has 0 fully saturated rings. The van der Waals surface area contributed by atoms with E-state index in [0.29, 0.717) is 12.3 Å². The first-order chi connectivity index (χ1) is 8.92. The number of fused-ring (bicyclic) bond motifs is 3. The fraction of sp³-hybridized carbons (Fsp3) is 0.235. The van der Waals surface area contributed by atoms with Gasteiger partial charge in [0.05, 0.1) is 6.07 Å². The van der Waals surface area contributed by atoms with E-state index in [1.165, 1.54) is 22.3 Å². The van der Waals surface area contributed by atoms with E-state index in [2.05, 4.69) is 54.6 Å². The molecule has 0 saturated carbocycles. The first-order valence-corrected chi connectivity index (χ1v) is 6.47. The van der Waals surface area contributed by atoms with Crippen molar-refractivity contribution in [3.05, 3.63) is 59.7 Å². The third-order valence-electron chi connectivity index (χ3n) is 3.74. The van der Waals surface area contributed by atoms with E-state index in [1.54, 1.807) is 0 Å². The standard InChI is InChI=1S/C17H15N/c18-12-6-5-11-17-15-9-3-1-7-13(15)14-8-2-4-10-16(14)17/h1-4,7-10,17H,5-6,11H2. The fourth-order valence-electron chi connectivity index (χ4n) is 2.96. The Kier molecular flexibility index (Phi) is 2.86. The van der Waals surface area contributed by atoms with Crippen LogP contribution in [0.5, 0.6) is 0 Å². The summed E-state index contributed by atoms with van der Waals surface area (Å²) in [4.78, 5) is 0. The van der Waals surface area contributed by atoms with Gasteiger partial charge in [-0.3, -0.25) is 0 Å². The minimum atomic E-state index is 0.478. The summed E-state index contributed by atoms with van der Waals surface area (Å²) in [7, 11) is 0. The van der Waals surface area contributed by atoms with E-state index in [9.17, 15) is 0 Å². The Bertz CT molecular complexity index is 562. The first kappa shape index (κ1) is 11.0. The van der Waals surface area contributed by atoms with Crippen molar-refractivity contribution in [3.8, 4) is 17.2 Å². The molecule has 2 aromatic rings. The molecule has 1 nitrogen and oxygen atoms in total. The molecule has 2 aromatic carbocycles. The molecule has 3 rings (SSSR count). The van der Waals surface area contributed by atoms with Crippen LogP contribution >= 0.6 is 0 Å². The van der Waals surface area contributed by atoms with Crippen LogP contribution in [0.4, 0.5) is 0 Å². The molecule has 0 amide bonds. The summed E-state index contributed by atoms with van der Waals surface area (Å²) in [6.07, 6.45) is 2.70. The summed E-state index contributed by atoms with van der Waals surface area (Å²) >= 11 is 0. The Morgan fingerprint density at radius 2 is 1.44 bits per heavy atom. The molecule has 1 aliphatic carbocycles. The molecular formula is C17H15N. The van der Waals surface area contributed by atoms with Crippen LogP contribution < -0.4 is 0 Å². The van der Waals surface area contributed by atoms with Crippen LogP contribution in [0.2, 0.25) is 0 Å². The Morgan fingerprint density at radius 3 is 2.00 bits per heavy atom. The van der Waals surface area contributed by atoms with Gasteiger partial charge in [-0.05, 0) is 35.1 Å². The van der Waals surface area contributed by atoms with Crippen molar-refractivity contribution in [1.29, 1.82) is 5.26 Å². The lowest BCUT2D eigenvalue weighted by atomic mass is 9.92. The molecule has 0 spiro atoms. The van der Waals surface area contributed by atoms with Crippen LogP contribution in [0.15, 0.2) is 48.5 Å². The molecule has 1 aliphatic rings. The van der Waals surface area contributed by atoms with Gasteiger partial charge in [0.25, 0.3) is 0 Å². The lowest BCUT2D eigenvalue weighted by Crippen LogP contribution is -1.96. The van der Waals surface area contributed by atoms with Gasteiger partial charge in [0, 0.05) is 12.3 Å². The average molecular weight is 233 g/mol. The quantitative estimate of drug-likeness (QED) is 0.716. The summed E-state index contributed by atoms with van der Waals surface area (Å²) < 4.78 is 0. The highest BCUT2D eigenvalue weighted by molar-refractivity contribution is 5.78. The maximum absolute atomic E-state index is 8.68. The molecule has 0 radical (unpaired) electrons. The predicted molar refractivity (Wildman–Crippen MR) is 73.2 cm³/mol. The summed E-state index contributed by atoms with van der Waals surface area (Å²) in [5, 5.41) is 8.68. The number of hydrogen-bond donors (Lipinski definition) is 0. The van der Waals surface area contributed by atoms with Gasteiger partial charge in [-0.2, -0.15) is 5.26 Å². The summed E-state index contributed by atoms with van der Waals surface area (Å²) in [6.45, 7) is 0. The summed E-state index contributed by atoms with van der Waals surface area (Å²) in [5.41, 5.74) is 5.60. The van der Waals surface area contributed by atoms with E-state index in [4.69, 9.17) is 5.26 Å². The highest BCUT2D eigenvalue weighted by atomic mass is 14.3. The lowest BCUT2D eigenvalue weighted by Gasteiger charge is -2.12.